The zero-order valence-corrected chi connectivity index (χ0v) is 11.7. The molecule has 0 aromatic heterocycles. The highest BCUT2D eigenvalue weighted by atomic mass is 16.5. The predicted octanol–water partition coefficient (Wildman–Crippen LogP) is 3.51. The van der Waals surface area contributed by atoms with Gasteiger partial charge in [-0.05, 0) is 38.8 Å². The van der Waals surface area contributed by atoms with Gasteiger partial charge in [-0.25, -0.2) is 0 Å². The molecule has 1 aromatic rings. The molecule has 3 heteroatoms. The first-order valence-corrected chi connectivity index (χ1v) is 7.04. The summed E-state index contributed by atoms with van der Waals surface area (Å²) in [6.45, 7) is 9.46. The first-order valence-electron chi connectivity index (χ1n) is 7.04. The molecule has 1 heterocycles. The third-order valence-corrected chi connectivity index (χ3v) is 3.51. The molecule has 1 N–H and O–H groups in total. The van der Waals surface area contributed by atoms with E-state index in [4.69, 9.17) is 4.74 Å². The standard InChI is InChI=1S/C15H24N2O/c1-4-11-18-14-8-6-7-13-15(14)16-10-9-12(3)17(13)5-2/h6-8,12,16H,4-5,9-11H2,1-3H3. The molecular formula is C15H24N2O. The second-order valence-corrected chi connectivity index (χ2v) is 4.85. The topological polar surface area (TPSA) is 24.5 Å². The fraction of sp³-hybridized carbons (Fsp3) is 0.600. The van der Waals surface area contributed by atoms with Crippen LogP contribution in [-0.4, -0.2) is 25.7 Å². The molecule has 0 aliphatic carbocycles. The van der Waals surface area contributed by atoms with Crippen molar-refractivity contribution in [3.05, 3.63) is 18.2 Å². The van der Waals surface area contributed by atoms with Gasteiger partial charge in [-0.15, -0.1) is 0 Å². The van der Waals surface area contributed by atoms with Crippen molar-refractivity contribution < 1.29 is 4.74 Å². The van der Waals surface area contributed by atoms with Gasteiger partial charge in [0.15, 0.2) is 0 Å². The van der Waals surface area contributed by atoms with E-state index in [1.165, 1.54) is 5.69 Å². The lowest BCUT2D eigenvalue weighted by Crippen LogP contribution is -2.32. The highest BCUT2D eigenvalue weighted by Gasteiger charge is 2.21. The summed E-state index contributed by atoms with van der Waals surface area (Å²) in [5.74, 6) is 0.988. The fourth-order valence-corrected chi connectivity index (χ4v) is 2.55. The molecule has 1 atom stereocenters. The Morgan fingerprint density at radius 1 is 1.39 bits per heavy atom. The highest BCUT2D eigenvalue weighted by Crippen LogP contribution is 2.38. The van der Waals surface area contributed by atoms with Gasteiger partial charge in [0.25, 0.3) is 0 Å². The van der Waals surface area contributed by atoms with E-state index in [1.54, 1.807) is 0 Å². The number of nitrogens with one attached hydrogen (secondary N) is 1. The summed E-state index contributed by atoms with van der Waals surface area (Å²) in [5.41, 5.74) is 2.44. The number of rotatable bonds is 4. The molecule has 18 heavy (non-hydrogen) atoms. The third kappa shape index (κ3) is 2.55. The van der Waals surface area contributed by atoms with Gasteiger partial charge < -0.3 is 15.0 Å². The Hall–Kier alpha value is -1.38. The van der Waals surface area contributed by atoms with Crippen LogP contribution in [0.2, 0.25) is 0 Å². The summed E-state index contributed by atoms with van der Waals surface area (Å²) in [6, 6.07) is 6.91. The number of hydrogen-bond donors (Lipinski definition) is 1. The van der Waals surface area contributed by atoms with E-state index in [1.807, 2.05) is 0 Å². The molecule has 2 rings (SSSR count). The van der Waals surface area contributed by atoms with Crippen LogP contribution < -0.4 is 15.0 Å². The molecule has 0 saturated carbocycles. The second-order valence-electron chi connectivity index (χ2n) is 4.85. The summed E-state index contributed by atoms with van der Waals surface area (Å²) in [7, 11) is 0. The molecule has 0 bridgehead atoms. The smallest absolute Gasteiger partial charge is 0.144 e. The van der Waals surface area contributed by atoms with Crippen LogP contribution >= 0.6 is 0 Å². The molecule has 1 aliphatic rings. The molecular weight excluding hydrogens is 224 g/mol. The Kier molecular flexibility index (Phi) is 4.34. The van der Waals surface area contributed by atoms with Gasteiger partial charge in [-0.1, -0.05) is 13.0 Å². The maximum Gasteiger partial charge on any atom is 0.144 e. The Morgan fingerprint density at radius 2 is 2.22 bits per heavy atom. The van der Waals surface area contributed by atoms with E-state index in [-0.39, 0.29) is 0 Å². The molecule has 1 aliphatic heterocycles. The van der Waals surface area contributed by atoms with Crippen molar-refractivity contribution in [3.63, 3.8) is 0 Å². The average molecular weight is 248 g/mol. The van der Waals surface area contributed by atoms with Crippen LogP contribution in [0.4, 0.5) is 11.4 Å². The van der Waals surface area contributed by atoms with Gasteiger partial charge in [0, 0.05) is 19.1 Å². The van der Waals surface area contributed by atoms with Crippen LogP contribution in [0.5, 0.6) is 5.75 Å². The number of para-hydroxylation sites is 1. The number of ether oxygens (including phenoxy) is 1. The number of fused-ring (bicyclic) bond motifs is 1. The van der Waals surface area contributed by atoms with Crippen LogP contribution in [0.1, 0.15) is 33.6 Å². The van der Waals surface area contributed by atoms with Gasteiger partial charge in [-0.2, -0.15) is 0 Å². The SMILES string of the molecule is CCCOc1cccc2c1NCCC(C)N2CC. The molecule has 1 aromatic carbocycles. The van der Waals surface area contributed by atoms with Gasteiger partial charge in [0.1, 0.15) is 11.4 Å². The second kappa shape index (κ2) is 5.98. The van der Waals surface area contributed by atoms with Gasteiger partial charge in [0.2, 0.25) is 0 Å². The summed E-state index contributed by atoms with van der Waals surface area (Å²) < 4.78 is 5.85. The monoisotopic (exact) mass is 248 g/mol. The van der Waals surface area contributed by atoms with Crippen LogP contribution in [0.25, 0.3) is 0 Å². The van der Waals surface area contributed by atoms with E-state index < -0.39 is 0 Å². The Balaban J connectivity index is 2.35. The first-order chi connectivity index (χ1) is 8.77. The molecule has 0 spiro atoms. The van der Waals surface area contributed by atoms with Crippen molar-refractivity contribution in [3.8, 4) is 5.75 Å². The van der Waals surface area contributed by atoms with Crippen molar-refractivity contribution in [2.45, 2.75) is 39.7 Å². The lowest BCUT2D eigenvalue weighted by atomic mass is 10.2. The summed E-state index contributed by atoms with van der Waals surface area (Å²) in [4.78, 5) is 2.45. The number of nitrogens with zero attached hydrogens (tertiary/aromatic N) is 1. The lowest BCUT2D eigenvalue weighted by Gasteiger charge is -2.29. The van der Waals surface area contributed by atoms with E-state index in [9.17, 15) is 0 Å². The molecule has 3 nitrogen and oxygen atoms in total. The summed E-state index contributed by atoms with van der Waals surface area (Å²) >= 11 is 0. The minimum Gasteiger partial charge on any atom is -0.491 e. The number of anilines is 2. The normalized spacial score (nSPS) is 18.8. The van der Waals surface area contributed by atoms with Crippen molar-refractivity contribution >= 4 is 11.4 Å². The zero-order valence-electron chi connectivity index (χ0n) is 11.7. The van der Waals surface area contributed by atoms with Crippen LogP contribution in [0, 0.1) is 0 Å². The zero-order chi connectivity index (χ0) is 13.0. The van der Waals surface area contributed by atoms with Gasteiger partial charge >= 0.3 is 0 Å². The van der Waals surface area contributed by atoms with Crippen LogP contribution in [0.3, 0.4) is 0 Å². The minimum absolute atomic E-state index is 0.574. The average Bonchev–Trinajstić information content (AvgIpc) is 2.54. The minimum atomic E-state index is 0.574. The quantitative estimate of drug-likeness (QED) is 0.882. The van der Waals surface area contributed by atoms with E-state index in [0.29, 0.717) is 6.04 Å². The molecule has 1 unspecified atom stereocenters. The van der Waals surface area contributed by atoms with Gasteiger partial charge in [-0.3, -0.25) is 0 Å². The van der Waals surface area contributed by atoms with E-state index in [2.05, 4.69) is 49.2 Å². The third-order valence-electron chi connectivity index (χ3n) is 3.51. The molecule has 0 radical (unpaired) electrons. The van der Waals surface area contributed by atoms with E-state index in [0.717, 1.165) is 44.0 Å². The van der Waals surface area contributed by atoms with E-state index >= 15 is 0 Å². The van der Waals surface area contributed by atoms with Gasteiger partial charge in [0.05, 0.1) is 12.3 Å². The summed E-state index contributed by atoms with van der Waals surface area (Å²) in [5, 5.41) is 3.53. The molecule has 100 valence electrons. The van der Waals surface area contributed by atoms with Crippen molar-refractivity contribution in [2.75, 3.05) is 29.9 Å². The van der Waals surface area contributed by atoms with Crippen molar-refractivity contribution in [2.24, 2.45) is 0 Å². The van der Waals surface area contributed by atoms with Crippen molar-refractivity contribution in [1.82, 2.24) is 0 Å². The molecule has 0 saturated heterocycles. The fourth-order valence-electron chi connectivity index (χ4n) is 2.55. The first kappa shape index (κ1) is 13.1. The number of benzene rings is 1. The van der Waals surface area contributed by atoms with Crippen LogP contribution in [0.15, 0.2) is 18.2 Å². The molecule has 0 fully saturated rings. The largest absolute Gasteiger partial charge is 0.491 e. The highest BCUT2D eigenvalue weighted by molar-refractivity contribution is 5.77. The Labute approximate surface area is 110 Å². The maximum absolute atomic E-state index is 5.85. The van der Waals surface area contributed by atoms with Crippen LogP contribution in [-0.2, 0) is 0 Å². The predicted molar refractivity (Wildman–Crippen MR) is 77.8 cm³/mol. The Bertz CT molecular complexity index is 392. The van der Waals surface area contributed by atoms with Crippen molar-refractivity contribution in [1.29, 1.82) is 0 Å². The number of hydrogen-bond acceptors (Lipinski definition) is 3. The summed E-state index contributed by atoms with van der Waals surface area (Å²) in [6.07, 6.45) is 2.20. The maximum atomic E-state index is 5.85. The lowest BCUT2D eigenvalue weighted by molar-refractivity contribution is 0.319. The Morgan fingerprint density at radius 3 is 2.94 bits per heavy atom. The molecule has 0 amide bonds.